The van der Waals surface area contributed by atoms with E-state index in [9.17, 15) is 0 Å². The van der Waals surface area contributed by atoms with Gasteiger partial charge in [-0.15, -0.1) is 23.2 Å². The van der Waals surface area contributed by atoms with Gasteiger partial charge in [-0.25, -0.2) is 0 Å². The molecule has 0 saturated heterocycles. The van der Waals surface area contributed by atoms with Gasteiger partial charge in [-0.2, -0.15) is 0 Å². The second kappa shape index (κ2) is 9.68. The second-order valence-electron chi connectivity index (χ2n) is 12.1. The van der Waals surface area contributed by atoms with Gasteiger partial charge in [-0.05, 0) is 22.3 Å². The normalized spacial score (nSPS) is 20.6. The van der Waals surface area contributed by atoms with Crippen molar-refractivity contribution in [2.45, 2.75) is 75.2 Å². The van der Waals surface area contributed by atoms with Gasteiger partial charge in [0.2, 0.25) is 0 Å². The Morgan fingerprint density at radius 2 is 0.941 bits per heavy atom. The zero-order valence-electron chi connectivity index (χ0n) is 22.1. The van der Waals surface area contributed by atoms with Gasteiger partial charge in [0.05, 0.1) is 44.5 Å². The molecule has 6 heteroatoms. The third kappa shape index (κ3) is 4.48. The molecule has 182 valence electrons. The van der Waals surface area contributed by atoms with Gasteiger partial charge in [0, 0.05) is 0 Å². The highest BCUT2D eigenvalue weighted by molar-refractivity contribution is 7.01. The molecule has 2 aromatic carbocycles. The average molecular weight is 560 g/mol. The third-order valence-corrected chi connectivity index (χ3v) is 21.1. The van der Waals surface area contributed by atoms with E-state index >= 15 is 0 Å². The molecule has 2 unspecified atom stereocenters. The molecule has 0 amide bonds. The minimum atomic E-state index is -1.69. The number of hydrogen-bond donors (Lipinski definition) is 0. The Hall–Kier alpha value is -0.632. The molecule has 0 fully saturated rings. The Balaban J connectivity index is 1.71. The van der Waals surface area contributed by atoms with Crippen LogP contribution in [0.2, 0.25) is 64.5 Å². The fourth-order valence-electron chi connectivity index (χ4n) is 6.34. The van der Waals surface area contributed by atoms with Gasteiger partial charge in [0.25, 0.3) is 0 Å². The maximum atomic E-state index is 7.11. The molecule has 34 heavy (non-hydrogen) atoms. The summed E-state index contributed by atoms with van der Waals surface area (Å²) in [5.41, 5.74) is 5.66. The quantitative estimate of drug-likeness (QED) is 0.234. The Morgan fingerprint density at radius 1 is 0.618 bits per heavy atom. The third-order valence-electron chi connectivity index (χ3n) is 8.10. The second-order valence-corrected chi connectivity index (χ2v) is 28.4. The van der Waals surface area contributed by atoms with Crippen molar-refractivity contribution in [3.8, 4) is 0 Å². The zero-order valence-corrected chi connectivity index (χ0v) is 27.9. The first-order chi connectivity index (χ1) is 15.9. The van der Waals surface area contributed by atoms with Crippen LogP contribution in [-0.4, -0.2) is 33.7 Å². The van der Waals surface area contributed by atoms with Gasteiger partial charge in [-0.1, -0.05) is 134 Å². The summed E-state index contributed by atoms with van der Waals surface area (Å²) in [6.45, 7) is 20.3. The molecular formula is C28H40Cl2Si4. The highest BCUT2D eigenvalue weighted by Gasteiger charge is 2.43. The highest BCUT2D eigenvalue weighted by atomic mass is 35.5. The molecule has 2 aliphatic carbocycles. The number of fused-ring (bicyclic) bond motifs is 2. The van der Waals surface area contributed by atoms with Crippen LogP contribution in [0.5, 0.6) is 0 Å². The van der Waals surface area contributed by atoms with Crippen LogP contribution < -0.4 is 0 Å². The van der Waals surface area contributed by atoms with Gasteiger partial charge in [-0.3, -0.25) is 0 Å². The number of allylic oxidation sites excluding steroid dienone is 2. The summed E-state index contributed by atoms with van der Waals surface area (Å²) >= 11 is 14.2. The summed E-state index contributed by atoms with van der Waals surface area (Å²) < 4.78 is 0. The van der Waals surface area contributed by atoms with Gasteiger partial charge >= 0.3 is 0 Å². The molecule has 2 aromatic rings. The maximum Gasteiger partial charge on any atom is 0.0806 e. The van der Waals surface area contributed by atoms with Crippen molar-refractivity contribution >= 4 is 67.3 Å². The van der Waals surface area contributed by atoms with E-state index in [-0.39, 0.29) is 10.8 Å². The van der Waals surface area contributed by atoms with Crippen LogP contribution in [-0.2, 0) is 0 Å². The summed E-state index contributed by atoms with van der Waals surface area (Å²) in [5.74, 6) is 0. The molecule has 4 rings (SSSR count). The first-order valence-corrected chi connectivity index (χ1v) is 25.9. The molecule has 0 saturated carbocycles. The van der Waals surface area contributed by atoms with Gasteiger partial charge in [0.1, 0.15) is 0 Å². The van der Waals surface area contributed by atoms with Crippen molar-refractivity contribution in [2.75, 3.05) is 0 Å². The minimum absolute atomic E-state index is 0.0925. The zero-order chi connectivity index (χ0) is 25.0. The van der Waals surface area contributed by atoms with Crippen LogP contribution in [0.25, 0.3) is 10.4 Å². The van der Waals surface area contributed by atoms with E-state index in [4.69, 9.17) is 23.2 Å². The monoisotopic (exact) mass is 558 g/mol. The molecule has 2 aliphatic rings. The first kappa shape index (κ1) is 26.4. The molecule has 2 atom stereocenters. The average Bonchev–Trinajstić information content (AvgIpc) is 3.26. The lowest BCUT2D eigenvalue weighted by Gasteiger charge is -2.34. The molecule has 0 aromatic heterocycles. The standard InChI is InChI=1S/C28H40Cl2Si4/c1-31(2)25-23(29)19-13-9-11-15-21(19)27(25)33(5,6)17-18-34(7,8)28-22-16-12-10-14-20(22)24(30)26(28)32(3)4/h9-16,23-24,31-32H,17-18H2,1-8H3. The molecule has 0 nitrogen and oxygen atoms in total. The van der Waals surface area contributed by atoms with Gasteiger partial charge in [0.15, 0.2) is 0 Å². The van der Waals surface area contributed by atoms with Crippen molar-refractivity contribution in [1.29, 1.82) is 0 Å². The predicted molar refractivity (Wildman–Crippen MR) is 166 cm³/mol. The van der Waals surface area contributed by atoms with Crippen molar-refractivity contribution in [2.24, 2.45) is 0 Å². The summed E-state index contributed by atoms with van der Waals surface area (Å²) in [4.78, 5) is 0. The number of halogens is 2. The Labute approximate surface area is 222 Å². The summed E-state index contributed by atoms with van der Waals surface area (Å²) in [6.07, 6.45) is 0. The van der Waals surface area contributed by atoms with Crippen LogP contribution in [0.4, 0.5) is 0 Å². The molecule has 0 radical (unpaired) electrons. The summed E-state index contributed by atoms with van der Waals surface area (Å²) in [5, 5.41) is 6.83. The van der Waals surface area contributed by atoms with Crippen LogP contribution in [0.15, 0.2) is 58.9 Å². The Morgan fingerprint density at radius 3 is 1.26 bits per heavy atom. The van der Waals surface area contributed by atoms with Crippen LogP contribution in [0, 0.1) is 0 Å². The van der Waals surface area contributed by atoms with E-state index in [2.05, 4.69) is 101 Å². The smallest absolute Gasteiger partial charge is 0.0806 e. The van der Waals surface area contributed by atoms with Crippen molar-refractivity contribution < 1.29 is 0 Å². The largest absolute Gasteiger partial charge is 0.113 e. The molecule has 0 aliphatic heterocycles. The summed E-state index contributed by atoms with van der Waals surface area (Å²) in [7, 11) is -5.41. The van der Waals surface area contributed by atoms with E-state index in [0.29, 0.717) is 0 Å². The van der Waals surface area contributed by atoms with Crippen LogP contribution >= 0.6 is 23.2 Å². The molecule has 0 N–H and O–H groups in total. The Kier molecular flexibility index (Phi) is 7.52. The van der Waals surface area contributed by atoms with E-state index in [1.165, 1.54) is 34.3 Å². The predicted octanol–water partition coefficient (Wildman–Crippen LogP) is 9.03. The number of rotatable bonds is 7. The number of benzene rings is 2. The molecule has 0 bridgehead atoms. The van der Waals surface area contributed by atoms with E-state index < -0.39 is 33.7 Å². The fourth-order valence-corrected chi connectivity index (χ4v) is 25.0. The fraction of sp³-hybridized carbons (Fsp3) is 0.429. The van der Waals surface area contributed by atoms with Crippen molar-refractivity contribution in [1.82, 2.24) is 0 Å². The van der Waals surface area contributed by atoms with Gasteiger partial charge < -0.3 is 0 Å². The SMILES string of the molecule is C[SiH](C)C1=C([Si](C)(C)CC[Si](C)(C)C2=C([SiH](C)C)C(Cl)c3ccccc32)c2ccccc2C1Cl. The van der Waals surface area contributed by atoms with Crippen LogP contribution in [0.3, 0.4) is 0 Å². The maximum absolute atomic E-state index is 7.11. The topological polar surface area (TPSA) is 0 Å². The van der Waals surface area contributed by atoms with E-state index in [1.54, 1.807) is 20.8 Å². The first-order valence-electron chi connectivity index (χ1n) is 12.8. The van der Waals surface area contributed by atoms with Crippen molar-refractivity contribution in [3.05, 3.63) is 81.2 Å². The highest BCUT2D eigenvalue weighted by Crippen LogP contribution is 2.52. The van der Waals surface area contributed by atoms with Crippen LogP contribution in [0.1, 0.15) is 33.0 Å². The molecule has 0 spiro atoms. The Bertz CT molecular complexity index is 1070. The lowest BCUT2D eigenvalue weighted by Crippen LogP contribution is -2.36. The molecule has 0 heterocycles. The van der Waals surface area contributed by atoms with Crippen molar-refractivity contribution in [3.63, 3.8) is 0 Å². The minimum Gasteiger partial charge on any atom is -0.113 e. The molecular weight excluding hydrogens is 520 g/mol. The summed E-state index contributed by atoms with van der Waals surface area (Å²) in [6, 6.07) is 20.6. The number of hydrogen-bond acceptors (Lipinski definition) is 0. The van der Waals surface area contributed by atoms with E-state index in [1.807, 2.05) is 0 Å². The number of alkyl halides is 2. The lowest BCUT2D eigenvalue weighted by molar-refractivity contribution is 1.21. The van der Waals surface area contributed by atoms with E-state index in [0.717, 1.165) is 0 Å². The lowest BCUT2D eigenvalue weighted by atomic mass is 10.1.